The smallest absolute Gasteiger partial charge is 0.360 e. The number of carbonyl (C=O) groups is 3. The maximum absolute atomic E-state index is 13.1. The molecule has 8 heteroatoms. The Hall–Kier alpha value is -3.26. The summed E-state index contributed by atoms with van der Waals surface area (Å²) in [6, 6.07) is 16.4. The van der Waals surface area contributed by atoms with E-state index in [0.29, 0.717) is 23.2 Å². The van der Waals surface area contributed by atoms with Gasteiger partial charge in [0.2, 0.25) is 5.91 Å². The highest BCUT2D eigenvalue weighted by Crippen LogP contribution is 2.46. The van der Waals surface area contributed by atoms with Crippen molar-refractivity contribution in [1.82, 2.24) is 4.90 Å². The highest BCUT2D eigenvalue weighted by molar-refractivity contribution is 8.01. The number of hydrogen-bond donors (Lipinski definition) is 0. The number of benzene rings is 2. The third-order valence-corrected chi connectivity index (χ3v) is 6.38. The van der Waals surface area contributed by atoms with E-state index in [-0.39, 0.29) is 17.0 Å². The molecule has 3 aliphatic rings. The van der Waals surface area contributed by atoms with Crippen LogP contribution in [0.4, 0.5) is 5.69 Å². The SMILES string of the molecule is CC1=C(C(=O)OC2OC(=O)c3ccccc32)N2C(=O)C[C@H]2SN1c1ccccc1. The Morgan fingerprint density at radius 2 is 1.83 bits per heavy atom. The van der Waals surface area contributed by atoms with Crippen molar-refractivity contribution < 1.29 is 23.9 Å². The topological polar surface area (TPSA) is 76.1 Å². The van der Waals surface area contributed by atoms with Crippen molar-refractivity contribution in [3.8, 4) is 0 Å². The van der Waals surface area contributed by atoms with E-state index < -0.39 is 18.2 Å². The van der Waals surface area contributed by atoms with Gasteiger partial charge in [-0.05, 0) is 37.1 Å². The molecule has 1 saturated heterocycles. The van der Waals surface area contributed by atoms with Crippen LogP contribution in [0, 0.1) is 0 Å². The third kappa shape index (κ3) is 2.79. The number of rotatable bonds is 3. The van der Waals surface area contributed by atoms with E-state index >= 15 is 0 Å². The van der Waals surface area contributed by atoms with Gasteiger partial charge in [0.25, 0.3) is 6.29 Å². The van der Waals surface area contributed by atoms with Crippen molar-refractivity contribution in [3.63, 3.8) is 0 Å². The van der Waals surface area contributed by atoms with Crippen LogP contribution in [-0.2, 0) is 19.1 Å². The minimum Gasteiger partial charge on any atom is -0.417 e. The minimum atomic E-state index is -1.12. The molecule has 2 aromatic rings. The van der Waals surface area contributed by atoms with Crippen LogP contribution in [0.3, 0.4) is 0 Å². The molecule has 2 aromatic carbocycles. The predicted octanol–water partition coefficient (Wildman–Crippen LogP) is 3.36. The maximum Gasteiger partial charge on any atom is 0.360 e. The first kappa shape index (κ1) is 17.8. The number of ether oxygens (including phenoxy) is 2. The fourth-order valence-corrected chi connectivity index (χ4v) is 4.89. The second kappa shape index (κ2) is 6.66. The van der Waals surface area contributed by atoms with Gasteiger partial charge in [0, 0.05) is 5.56 Å². The van der Waals surface area contributed by atoms with E-state index in [1.807, 2.05) is 34.6 Å². The molecule has 0 N–H and O–H groups in total. The van der Waals surface area contributed by atoms with E-state index in [2.05, 4.69) is 0 Å². The van der Waals surface area contributed by atoms with Gasteiger partial charge < -0.3 is 9.47 Å². The summed E-state index contributed by atoms with van der Waals surface area (Å²) in [7, 11) is 0. The quantitative estimate of drug-likeness (QED) is 0.438. The molecule has 5 rings (SSSR count). The Bertz CT molecular complexity index is 1070. The molecule has 1 amide bonds. The van der Waals surface area contributed by atoms with Crippen LogP contribution in [0.25, 0.3) is 0 Å². The number of cyclic esters (lactones) is 1. The molecular formula is C21H16N2O5S. The highest BCUT2D eigenvalue weighted by atomic mass is 32.2. The zero-order chi connectivity index (χ0) is 20.1. The molecule has 0 saturated carbocycles. The maximum atomic E-state index is 13.1. The third-order valence-electron chi connectivity index (χ3n) is 5.07. The molecule has 3 aliphatic heterocycles. The van der Waals surface area contributed by atoms with Crippen LogP contribution in [-0.4, -0.2) is 28.1 Å². The van der Waals surface area contributed by atoms with Crippen LogP contribution in [0.1, 0.15) is 35.6 Å². The summed E-state index contributed by atoms with van der Waals surface area (Å²) in [6.45, 7) is 1.77. The normalized spacial score (nSPS) is 22.7. The Morgan fingerprint density at radius 1 is 1.10 bits per heavy atom. The van der Waals surface area contributed by atoms with Crippen molar-refractivity contribution >= 4 is 35.5 Å². The van der Waals surface area contributed by atoms with Gasteiger partial charge in [0.05, 0.1) is 23.4 Å². The number of nitrogens with zero attached hydrogens (tertiary/aromatic N) is 2. The largest absolute Gasteiger partial charge is 0.417 e. The Morgan fingerprint density at radius 3 is 2.59 bits per heavy atom. The summed E-state index contributed by atoms with van der Waals surface area (Å²) in [5, 5.41) is -0.174. The zero-order valence-electron chi connectivity index (χ0n) is 15.4. The molecule has 1 fully saturated rings. The van der Waals surface area contributed by atoms with Crippen molar-refractivity contribution in [2.75, 3.05) is 4.31 Å². The van der Waals surface area contributed by atoms with E-state index in [1.54, 1.807) is 31.2 Å². The van der Waals surface area contributed by atoms with Crippen molar-refractivity contribution in [1.29, 1.82) is 0 Å². The lowest BCUT2D eigenvalue weighted by molar-refractivity contribution is -0.168. The van der Waals surface area contributed by atoms with Crippen molar-refractivity contribution in [3.05, 3.63) is 77.1 Å². The molecule has 0 radical (unpaired) electrons. The molecule has 0 aliphatic carbocycles. The fourth-order valence-electron chi connectivity index (χ4n) is 3.63. The van der Waals surface area contributed by atoms with E-state index in [9.17, 15) is 14.4 Å². The number of carbonyl (C=O) groups excluding carboxylic acids is 3. The molecule has 0 spiro atoms. The predicted molar refractivity (Wildman–Crippen MR) is 105 cm³/mol. The molecule has 3 heterocycles. The van der Waals surface area contributed by atoms with Gasteiger partial charge in [-0.3, -0.25) is 14.0 Å². The number of allylic oxidation sites excluding steroid dienone is 1. The molecule has 2 atom stereocenters. The summed E-state index contributed by atoms with van der Waals surface area (Å²) in [5.74, 6) is -1.37. The van der Waals surface area contributed by atoms with Gasteiger partial charge in [-0.25, -0.2) is 9.59 Å². The molecule has 0 bridgehead atoms. The molecule has 7 nitrogen and oxygen atoms in total. The van der Waals surface area contributed by atoms with E-state index in [0.717, 1.165) is 5.69 Å². The second-order valence-corrected chi connectivity index (χ2v) is 7.94. The minimum absolute atomic E-state index is 0.134. The van der Waals surface area contributed by atoms with E-state index in [1.165, 1.54) is 16.8 Å². The number of para-hydroxylation sites is 1. The van der Waals surface area contributed by atoms with Gasteiger partial charge in [-0.2, -0.15) is 0 Å². The summed E-state index contributed by atoms with van der Waals surface area (Å²) in [5.41, 5.74) is 2.54. The van der Waals surface area contributed by atoms with Gasteiger partial charge in [-0.1, -0.05) is 36.4 Å². The van der Waals surface area contributed by atoms with Crippen LogP contribution in [0.2, 0.25) is 0 Å². The van der Waals surface area contributed by atoms with Crippen LogP contribution in [0.5, 0.6) is 0 Å². The molecule has 0 aromatic heterocycles. The molecule has 1 unspecified atom stereocenters. The standard InChI is InChI=1S/C21H16N2O5S/c1-12-18(20(26)28-21-15-10-6-5-9-14(15)19(25)27-21)22-16(24)11-17(22)29-23(12)13-7-3-2-4-8-13/h2-10,17,21H,11H2,1H3/t17-,21?/m1/s1. The van der Waals surface area contributed by atoms with Gasteiger partial charge in [0.1, 0.15) is 5.37 Å². The molecule has 146 valence electrons. The van der Waals surface area contributed by atoms with Crippen molar-refractivity contribution in [2.45, 2.75) is 25.0 Å². The van der Waals surface area contributed by atoms with Gasteiger partial charge >= 0.3 is 11.9 Å². The van der Waals surface area contributed by atoms with Crippen LogP contribution < -0.4 is 4.31 Å². The zero-order valence-corrected chi connectivity index (χ0v) is 16.2. The Balaban J connectivity index is 1.48. The summed E-state index contributed by atoms with van der Waals surface area (Å²) in [4.78, 5) is 38.8. The molecular weight excluding hydrogens is 392 g/mol. The summed E-state index contributed by atoms with van der Waals surface area (Å²) < 4.78 is 12.7. The number of amides is 1. The Kier molecular flexibility index (Phi) is 4.09. The first-order valence-corrected chi connectivity index (χ1v) is 9.94. The molecule has 29 heavy (non-hydrogen) atoms. The first-order chi connectivity index (χ1) is 14.0. The van der Waals surface area contributed by atoms with Gasteiger partial charge in [0.15, 0.2) is 5.70 Å². The number of anilines is 1. The number of hydrogen-bond acceptors (Lipinski definition) is 7. The number of fused-ring (bicyclic) bond motifs is 2. The monoisotopic (exact) mass is 408 g/mol. The lowest BCUT2D eigenvalue weighted by atomic mass is 10.1. The number of β-lactam (4-membered cyclic amide) rings is 1. The van der Waals surface area contributed by atoms with Gasteiger partial charge in [-0.15, -0.1) is 0 Å². The average Bonchev–Trinajstić information content (AvgIpc) is 3.04. The average molecular weight is 408 g/mol. The fraction of sp³-hybridized carbons (Fsp3) is 0.190. The first-order valence-electron chi connectivity index (χ1n) is 9.10. The second-order valence-electron chi connectivity index (χ2n) is 6.82. The lowest BCUT2D eigenvalue weighted by Gasteiger charge is -2.47. The van der Waals surface area contributed by atoms with Crippen molar-refractivity contribution in [2.24, 2.45) is 0 Å². The number of esters is 2. The summed E-state index contributed by atoms with van der Waals surface area (Å²) in [6.07, 6.45) is -0.777. The Labute approximate surface area is 171 Å². The van der Waals surface area contributed by atoms with E-state index in [4.69, 9.17) is 9.47 Å². The van der Waals surface area contributed by atoms with Crippen LogP contribution in [0.15, 0.2) is 66.0 Å². The highest BCUT2D eigenvalue weighted by Gasteiger charge is 2.49. The lowest BCUT2D eigenvalue weighted by Crippen LogP contribution is -2.56. The summed E-state index contributed by atoms with van der Waals surface area (Å²) >= 11 is 1.49. The van der Waals surface area contributed by atoms with Crippen LogP contribution >= 0.6 is 11.9 Å².